The third kappa shape index (κ3) is 3.27. The van der Waals surface area contributed by atoms with Crippen LogP contribution in [0.4, 0.5) is 0 Å². The van der Waals surface area contributed by atoms with Gasteiger partial charge < -0.3 is 19.4 Å². The molecular weight excluding hydrogens is 422 g/mol. The van der Waals surface area contributed by atoms with E-state index in [-0.39, 0.29) is 17.7 Å². The van der Waals surface area contributed by atoms with Gasteiger partial charge in [0.25, 0.3) is 11.8 Å². The summed E-state index contributed by atoms with van der Waals surface area (Å²) in [5.41, 5.74) is 3.01. The summed E-state index contributed by atoms with van der Waals surface area (Å²) in [5.74, 6) is 1.12. The van der Waals surface area contributed by atoms with Crippen LogP contribution in [0.15, 0.2) is 41.1 Å². The number of amides is 2. The van der Waals surface area contributed by atoms with Crippen molar-refractivity contribution >= 4 is 28.3 Å². The van der Waals surface area contributed by atoms with E-state index in [9.17, 15) is 9.59 Å². The first-order valence-electron chi connectivity index (χ1n) is 10.5. The zero-order chi connectivity index (χ0) is 23.3. The fourth-order valence-corrected chi connectivity index (χ4v) is 4.21. The number of aryl methyl sites for hydroxylation is 2. The Labute approximate surface area is 189 Å². The summed E-state index contributed by atoms with van der Waals surface area (Å²) in [6.45, 7) is 4.48. The Morgan fingerprint density at radius 3 is 2.79 bits per heavy atom. The molecule has 0 bridgehead atoms. The molecule has 1 fully saturated rings. The van der Waals surface area contributed by atoms with Crippen LogP contribution in [-0.2, 0) is 0 Å². The molecule has 0 aliphatic carbocycles. The number of furan rings is 1. The molecule has 4 heterocycles. The van der Waals surface area contributed by atoms with Gasteiger partial charge in [0.05, 0.1) is 29.3 Å². The van der Waals surface area contributed by atoms with E-state index in [0.717, 1.165) is 5.56 Å². The van der Waals surface area contributed by atoms with Crippen molar-refractivity contribution in [2.45, 2.75) is 13.8 Å². The average molecular weight is 443 g/mol. The maximum absolute atomic E-state index is 12.9. The highest BCUT2D eigenvalue weighted by Crippen LogP contribution is 2.34. The van der Waals surface area contributed by atoms with E-state index in [0.29, 0.717) is 58.0 Å². The van der Waals surface area contributed by atoms with Crippen LogP contribution in [0.2, 0.25) is 0 Å². The quantitative estimate of drug-likeness (QED) is 0.517. The van der Waals surface area contributed by atoms with Gasteiger partial charge in [0, 0.05) is 37.8 Å². The number of hydrogen-bond acceptors (Lipinski definition) is 6. The zero-order valence-corrected chi connectivity index (χ0v) is 18.4. The van der Waals surface area contributed by atoms with Gasteiger partial charge in [0.15, 0.2) is 5.75 Å². The number of nitrogens with zero attached hydrogens (tertiary/aromatic N) is 4. The fourth-order valence-electron chi connectivity index (χ4n) is 4.21. The maximum atomic E-state index is 12.9. The second kappa shape index (κ2) is 7.67. The first-order valence-corrected chi connectivity index (χ1v) is 10.5. The van der Waals surface area contributed by atoms with Gasteiger partial charge in [0.1, 0.15) is 22.6 Å². The molecule has 0 radical (unpaired) electrons. The second-order valence-electron chi connectivity index (χ2n) is 8.06. The lowest BCUT2D eigenvalue weighted by Gasteiger charge is -2.35. The summed E-state index contributed by atoms with van der Waals surface area (Å²) in [7, 11) is 1.57. The summed E-state index contributed by atoms with van der Waals surface area (Å²) in [6.07, 6.45) is 3.29. The number of nitriles is 1. The Balaban J connectivity index is 1.51. The third-order valence-corrected chi connectivity index (χ3v) is 5.99. The smallest absolute Gasteiger partial charge is 0.255 e. The SMILES string of the molecule is CNC(=O)c1c(C)oc2ccc(Oc3ccnn4cc(C(=O)N5CC(C#N)C5)c(C)c34)cc12. The molecule has 1 aliphatic heterocycles. The minimum atomic E-state index is -0.232. The number of fused-ring (bicyclic) bond motifs is 2. The highest BCUT2D eigenvalue weighted by atomic mass is 16.5. The molecule has 0 saturated carbocycles. The average Bonchev–Trinajstić information content (AvgIpc) is 3.29. The molecule has 2 amide bonds. The molecule has 0 unspecified atom stereocenters. The summed E-state index contributed by atoms with van der Waals surface area (Å²) in [4.78, 5) is 26.9. The Morgan fingerprint density at radius 2 is 2.06 bits per heavy atom. The van der Waals surface area contributed by atoms with Gasteiger partial charge in [-0.15, -0.1) is 0 Å². The lowest BCUT2D eigenvalue weighted by atomic mass is 10.0. The normalized spacial score (nSPS) is 13.7. The fraction of sp³-hybridized carbons (Fsp3) is 0.250. The lowest BCUT2D eigenvalue weighted by Crippen LogP contribution is -2.49. The molecular formula is C24H21N5O4. The van der Waals surface area contributed by atoms with Gasteiger partial charge in [-0.2, -0.15) is 10.4 Å². The zero-order valence-electron chi connectivity index (χ0n) is 18.4. The molecule has 0 atom stereocenters. The van der Waals surface area contributed by atoms with Crippen LogP contribution in [0, 0.1) is 31.1 Å². The van der Waals surface area contributed by atoms with Crippen molar-refractivity contribution in [1.82, 2.24) is 19.8 Å². The molecule has 1 saturated heterocycles. The number of likely N-dealkylation sites (tertiary alicyclic amines) is 1. The van der Waals surface area contributed by atoms with Crippen LogP contribution >= 0.6 is 0 Å². The first-order chi connectivity index (χ1) is 15.9. The molecule has 9 nitrogen and oxygen atoms in total. The van der Waals surface area contributed by atoms with Gasteiger partial charge in [0.2, 0.25) is 0 Å². The monoisotopic (exact) mass is 443 g/mol. The van der Waals surface area contributed by atoms with Crippen LogP contribution < -0.4 is 10.1 Å². The van der Waals surface area contributed by atoms with Crippen molar-refractivity contribution in [2.24, 2.45) is 5.92 Å². The number of nitrogens with one attached hydrogen (secondary N) is 1. The van der Waals surface area contributed by atoms with Crippen LogP contribution in [0.3, 0.4) is 0 Å². The van der Waals surface area contributed by atoms with Gasteiger partial charge in [-0.1, -0.05) is 0 Å². The molecule has 9 heteroatoms. The summed E-state index contributed by atoms with van der Waals surface area (Å²) < 4.78 is 13.5. The van der Waals surface area contributed by atoms with Crippen LogP contribution in [0.25, 0.3) is 16.5 Å². The van der Waals surface area contributed by atoms with Gasteiger partial charge in [-0.05, 0) is 37.6 Å². The van der Waals surface area contributed by atoms with Gasteiger partial charge in [-0.3, -0.25) is 9.59 Å². The van der Waals surface area contributed by atoms with Crippen molar-refractivity contribution in [3.05, 3.63) is 59.1 Å². The molecule has 1 aromatic carbocycles. The molecule has 1 N–H and O–H groups in total. The summed E-state index contributed by atoms with van der Waals surface area (Å²) in [6, 6.07) is 9.21. The number of ether oxygens (including phenoxy) is 1. The van der Waals surface area contributed by atoms with E-state index in [1.165, 1.54) is 0 Å². The molecule has 1 aliphatic rings. The number of carbonyl (C=O) groups excluding carboxylic acids is 2. The van der Waals surface area contributed by atoms with Gasteiger partial charge in [-0.25, -0.2) is 4.52 Å². The number of hydrogen-bond donors (Lipinski definition) is 1. The number of aromatic nitrogens is 2. The van der Waals surface area contributed by atoms with Crippen molar-refractivity contribution in [1.29, 1.82) is 5.26 Å². The lowest BCUT2D eigenvalue weighted by molar-refractivity contribution is 0.0576. The van der Waals surface area contributed by atoms with E-state index in [1.807, 2.05) is 6.92 Å². The number of rotatable bonds is 4. The standard InChI is InChI=1S/C24H21N5O4/c1-13-18(24(31)28-10-15(9-25)11-28)12-29-22(13)20(6-7-27-29)33-16-4-5-19-17(8-16)21(14(2)32-19)23(30)26-3/h4-8,12,15H,10-11H2,1-3H3,(H,26,30). The molecule has 3 aromatic heterocycles. The first kappa shape index (κ1) is 20.6. The predicted octanol–water partition coefficient (Wildman–Crippen LogP) is 3.44. The Kier molecular flexibility index (Phi) is 4.78. The minimum absolute atomic E-state index is 0.107. The summed E-state index contributed by atoms with van der Waals surface area (Å²) >= 11 is 0. The van der Waals surface area contributed by atoms with E-state index < -0.39 is 0 Å². The van der Waals surface area contributed by atoms with Crippen LogP contribution in [-0.4, -0.2) is 46.5 Å². The van der Waals surface area contributed by atoms with E-state index in [1.54, 1.807) is 60.0 Å². The largest absolute Gasteiger partial charge is 0.461 e. The number of benzene rings is 1. The van der Waals surface area contributed by atoms with E-state index >= 15 is 0 Å². The topological polar surface area (TPSA) is 113 Å². The molecule has 4 aromatic rings. The Morgan fingerprint density at radius 1 is 1.27 bits per heavy atom. The van der Waals surface area contributed by atoms with Crippen molar-refractivity contribution in [3.8, 4) is 17.6 Å². The van der Waals surface area contributed by atoms with E-state index in [2.05, 4.69) is 16.5 Å². The summed E-state index contributed by atoms with van der Waals surface area (Å²) in [5, 5.41) is 16.6. The van der Waals surface area contributed by atoms with Crippen molar-refractivity contribution in [2.75, 3.05) is 20.1 Å². The van der Waals surface area contributed by atoms with Gasteiger partial charge >= 0.3 is 0 Å². The minimum Gasteiger partial charge on any atom is -0.461 e. The van der Waals surface area contributed by atoms with E-state index in [4.69, 9.17) is 14.4 Å². The number of carbonyl (C=O) groups is 2. The Bertz CT molecular complexity index is 1470. The maximum Gasteiger partial charge on any atom is 0.255 e. The highest BCUT2D eigenvalue weighted by molar-refractivity contribution is 6.07. The van der Waals surface area contributed by atoms with Crippen molar-refractivity contribution in [3.63, 3.8) is 0 Å². The molecule has 5 rings (SSSR count). The molecule has 0 spiro atoms. The Hall–Kier alpha value is -4.32. The van der Waals surface area contributed by atoms with Crippen LogP contribution in [0.1, 0.15) is 32.0 Å². The third-order valence-electron chi connectivity index (χ3n) is 5.99. The van der Waals surface area contributed by atoms with Crippen LogP contribution in [0.5, 0.6) is 11.5 Å². The highest BCUT2D eigenvalue weighted by Gasteiger charge is 2.33. The predicted molar refractivity (Wildman–Crippen MR) is 119 cm³/mol. The van der Waals surface area contributed by atoms with Crippen molar-refractivity contribution < 1.29 is 18.7 Å². The second-order valence-corrected chi connectivity index (χ2v) is 8.06. The molecule has 33 heavy (non-hydrogen) atoms. The molecule has 166 valence electrons.